The fourth-order valence-electron chi connectivity index (χ4n) is 1.39. The third kappa shape index (κ3) is 1.53. The van der Waals surface area contributed by atoms with E-state index in [2.05, 4.69) is 22.4 Å². The molecule has 0 fully saturated rings. The monoisotopic (exact) mass is 159 g/mol. The van der Waals surface area contributed by atoms with E-state index < -0.39 is 0 Å². The van der Waals surface area contributed by atoms with Crippen molar-refractivity contribution in [2.75, 3.05) is 13.1 Å². The number of pyridine rings is 1. The minimum atomic E-state index is 0.976. The van der Waals surface area contributed by atoms with Gasteiger partial charge in [0, 0.05) is 25.0 Å². The van der Waals surface area contributed by atoms with Crippen LogP contribution in [0.2, 0.25) is 0 Å². The van der Waals surface area contributed by atoms with Gasteiger partial charge < -0.3 is 5.32 Å². The Hall–Kier alpha value is -1.15. The molecule has 12 heavy (non-hydrogen) atoms. The molecule has 0 bridgehead atoms. The van der Waals surface area contributed by atoms with Crippen LogP contribution in [0.3, 0.4) is 0 Å². The molecule has 1 aliphatic rings. The molecule has 2 nitrogen and oxygen atoms in total. The number of hydrogen-bond donors (Lipinski definition) is 1. The number of hydrogen-bond acceptors (Lipinski definition) is 2. The third-order valence-corrected chi connectivity index (χ3v) is 2.04. The van der Waals surface area contributed by atoms with E-state index in [9.17, 15) is 0 Å². The first kappa shape index (κ1) is 7.50. The summed E-state index contributed by atoms with van der Waals surface area (Å²) in [7, 11) is 0. The third-order valence-electron chi connectivity index (χ3n) is 2.04. The van der Waals surface area contributed by atoms with Crippen LogP contribution in [0.1, 0.15) is 12.0 Å². The Morgan fingerprint density at radius 2 is 2.50 bits per heavy atom. The van der Waals surface area contributed by atoms with Crippen molar-refractivity contribution in [1.29, 1.82) is 0 Å². The zero-order valence-corrected chi connectivity index (χ0v) is 6.88. The van der Waals surface area contributed by atoms with Gasteiger partial charge in [-0.15, -0.1) is 0 Å². The van der Waals surface area contributed by atoms with E-state index >= 15 is 0 Å². The van der Waals surface area contributed by atoms with Gasteiger partial charge in [0.1, 0.15) is 0 Å². The molecule has 2 heterocycles. The number of rotatable bonds is 1. The summed E-state index contributed by atoms with van der Waals surface area (Å²) in [5, 5.41) is 3.28. The molecule has 0 saturated carbocycles. The highest BCUT2D eigenvalue weighted by molar-refractivity contribution is 5.65. The maximum absolute atomic E-state index is 4.04. The molecular weight excluding hydrogens is 148 g/mol. The minimum Gasteiger partial charge on any atom is -0.313 e. The fourth-order valence-corrected chi connectivity index (χ4v) is 1.39. The SMILES string of the molecule is [c]1cncc(C2=CCNCC2)c1. The molecule has 2 rings (SSSR count). The molecule has 1 radical (unpaired) electrons. The van der Waals surface area contributed by atoms with Crippen LogP contribution >= 0.6 is 0 Å². The maximum Gasteiger partial charge on any atom is 0.0347 e. The van der Waals surface area contributed by atoms with E-state index in [0.29, 0.717) is 0 Å². The average Bonchev–Trinajstić information content (AvgIpc) is 2.21. The van der Waals surface area contributed by atoms with Crippen LogP contribution in [-0.2, 0) is 0 Å². The summed E-state index contributed by atoms with van der Waals surface area (Å²) in [6, 6.07) is 4.98. The Bertz CT molecular complexity index is 277. The minimum absolute atomic E-state index is 0.976. The second-order valence-electron chi connectivity index (χ2n) is 2.86. The van der Waals surface area contributed by atoms with Crippen LogP contribution in [-0.4, -0.2) is 18.1 Å². The van der Waals surface area contributed by atoms with Gasteiger partial charge in [-0.3, -0.25) is 4.98 Å². The highest BCUT2D eigenvalue weighted by Crippen LogP contribution is 2.17. The van der Waals surface area contributed by atoms with Crippen LogP contribution in [0.4, 0.5) is 0 Å². The summed E-state index contributed by atoms with van der Waals surface area (Å²) in [6.45, 7) is 2.05. The van der Waals surface area contributed by atoms with Crippen molar-refractivity contribution in [2.24, 2.45) is 0 Å². The van der Waals surface area contributed by atoms with Gasteiger partial charge in [-0.2, -0.15) is 0 Å². The normalized spacial score (nSPS) is 17.2. The first-order chi connectivity index (χ1) is 5.97. The Kier molecular flexibility index (Phi) is 2.19. The largest absolute Gasteiger partial charge is 0.313 e. The van der Waals surface area contributed by atoms with Gasteiger partial charge in [0.2, 0.25) is 0 Å². The maximum atomic E-state index is 4.04. The number of nitrogens with one attached hydrogen (secondary N) is 1. The molecule has 0 amide bonds. The predicted molar refractivity (Wildman–Crippen MR) is 48.5 cm³/mol. The number of nitrogens with zero attached hydrogens (tertiary/aromatic N) is 1. The van der Waals surface area contributed by atoms with Crippen molar-refractivity contribution in [3.05, 3.63) is 36.2 Å². The highest BCUT2D eigenvalue weighted by atomic mass is 14.8. The van der Waals surface area contributed by atoms with Crippen molar-refractivity contribution in [1.82, 2.24) is 10.3 Å². The standard InChI is InChI=1S/C10H11N2/c1-2-10(8-12-5-1)9-3-6-11-7-4-9/h2-3,5,8,11H,4,6-7H2. The van der Waals surface area contributed by atoms with Crippen molar-refractivity contribution in [2.45, 2.75) is 6.42 Å². The molecule has 1 aliphatic heterocycles. The topological polar surface area (TPSA) is 24.9 Å². The molecule has 0 atom stereocenters. The summed E-state index contributed by atoms with van der Waals surface area (Å²) >= 11 is 0. The Morgan fingerprint density at radius 1 is 1.50 bits per heavy atom. The van der Waals surface area contributed by atoms with Gasteiger partial charge in [0.05, 0.1) is 0 Å². The van der Waals surface area contributed by atoms with E-state index in [4.69, 9.17) is 0 Å². The summed E-state index contributed by atoms with van der Waals surface area (Å²) in [6.07, 6.45) is 6.90. The average molecular weight is 159 g/mol. The van der Waals surface area contributed by atoms with Gasteiger partial charge in [0.25, 0.3) is 0 Å². The summed E-state index contributed by atoms with van der Waals surface area (Å²) in [4.78, 5) is 4.04. The molecule has 0 unspecified atom stereocenters. The summed E-state index contributed by atoms with van der Waals surface area (Å²) in [5.41, 5.74) is 2.59. The molecular formula is C10H11N2. The molecule has 1 aromatic heterocycles. The lowest BCUT2D eigenvalue weighted by Gasteiger charge is -2.13. The summed E-state index contributed by atoms with van der Waals surface area (Å²) in [5.74, 6) is 0. The summed E-state index contributed by atoms with van der Waals surface area (Å²) < 4.78 is 0. The molecule has 0 aliphatic carbocycles. The lowest BCUT2D eigenvalue weighted by atomic mass is 10.0. The lowest BCUT2D eigenvalue weighted by molar-refractivity contribution is 0.738. The van der Waals surface area contributed by atoms with Crippen molar-refractivity contribution >= 4 is 5.57 Å². The van der Waals surface area contributed by atoms with Crippen LogP contribution in [0.15, 0.2) is 24.5 Å². The van der Waals surface area contributed by atoms with Gasteiger partial charge >= 0.3 is 0 Å². The zero-order chi connectivity index (χ0) is 8.23. The molecule has 1 N–H and O–H groups in total. The Morgan fingerprint density at radius 3 is 3.17 bits per heavy atom. The van der Waals surface area contributed by atoms with Gasteiger partial charge in [0.15, 0.2) is 0 Å². The first-order valence-electron chi connectivity index (χ1n) is 4.18. The van der Waals surface area contributed by atoms with Gasteiger partial charge in [-0.1, -0.05) is 6.08 Å². The second-order valence-corrected chi connectivity index (χ2v) is 2.86. The van der Waals surface area contributed by atoms with Crippen LogP contribution in [0, 0.1) is 6.07 Å². The molecule has 1 aromatic rings. The first-order valence-corrected chi connectivity index (χ1v) is 4.18. The van der Waals surface area contributed by atoms with Crippen LogP contribution in [0.25, 0.3) is 5.57 Å². The molecule has 2 heteroatoms. The molecule has 61 valence electrons. The van der Waals surface area contributed by atoms with E-state index in [1.165, 1.54) is 11.1 Å². The van der Waals surface area contributed by atoms with Crippen LogP contribution < -0.4 is 5.32 Å². The smallest absolute Gasteiger partial charge is 0.0347 e. The Balaban J connectivity index is 2.24. The second kappa shape index (κ2) is 3.50. The Labute approximate surface area is 72.3 Å². The quantitative estimate of drug-likeness (QED) is 0.667. The highest BCUT2D eigenvalue weighted by Gasteiger charge is 2.04. The van der Waals surface area contributed by atoms with E-state index in [1.807, 2.05) is 12.3 Å². The molecule has 0 saturated heterocycles. The fraction of sp³-hybridized carbons (Fsp3) is 0.300. The molecule has 0 spiro atoms. The predicted octanol–water partition coefficient (Wildman–Crippen LogP) is 1.26. The van der Waals surface area contributed by atoms with Gasteiger partial charge in [-0.25, -0.2) is 0 Å². The van der Waals surface area contributed by atoms with E-state index in [1.54, 1.807) is 6.20 Å². The van der Waals surface area contributed by atoms with Crippen LogP contribution in [0.5, 0.6) is 0 Å². The van der Waals surface area contributed by atoms with E-state index in [0.717, 1.165) is 19.5 Å². The lowest BCUT2D eigenvalue weighted by Crippen LogP contribution is -2.19. The molecule has 0 aromatic carbocycles. The zero-order valence-electron chi connectivity index (χ0n) is 6.88. The number of aromatic nitrogens is 1. The van der Waals surface area contributed by atoms with Crippen molar-refractivity contribution in [3.63, 3.8) is 0 Å². The van der Waals surface area contributed by atoms with Gasteiger partial charge in [-0.05, 0) is 30.2 Å². The van der Waals surface area contributed by atoms with Crippen molar-refractivity contribution in [3.8, 4) is 0 Å². The van der Waals surface area contributed by atoms with Crippen molar-refractivity contribution < 1.29 is 0 Å². The van der Waals surface area contributed by atoms with E-state index in [-0.39, 0.29) is 0 Å².